The lowest BCUT2D eigenvalue weighted by atomic mass is 9.98. The Morgan fingerprint density at radius 1 is 1.11 bits per heavy atom. The van der Waals surface area contributed by atoms with Crippen molar-refractivity contribution in [3.63, 3.8) is 0 Å². The van der Waals surface area contributed by atoms with Crippen molar-refractivity contribution in [2.75, 3.05) is 23.7 Å². The third kappa shape index (κ3) is 3.37. The molecule has 2 N–H and O–H groups in total. The fraction of sp³-hybridized carbons (Fsp3) is 0.733. The van der Waals surface area contributed by atoms with Crippen LogP contribution in [-0.2, 0) is 0 Å². The van der Waals surface area contributed by atoms with Gasteiger partial charge in [0.1, 0.15) is 17.5 Å². The number of nitrogens with zero attached hydrogens (tertiary/aromatic N) is 2. The zero-order valence-electron chi connectivity index (χ0n) is 11.9. The second-order valence-electron chi connectivity index (χ2n) is 5.94. The summed E-state index contributed by atoms with van der Waals surface area (Å²) in [5, 5.41) is 6.79. The molecule has 2 aliphatic rings. The summed E-state index contributed by atoms with van der Waals surface area (Å²) in [6.07, 6.45) is 5.76. The van der Waals surface area contributed by atoms with Gasteiger partial charge < -0.3 is 10.6 Å². The summed E-state index contributed by atoms with van der Waals surface area (Å²) >= 11 is 0. The predicted octanol–water partition coefficient (Wildman–Crippen LogP) is 3.06. The van der Waals surface area contributed by atoms with Crippen molar-refractivity contribution >= 4 is 11.6 Å². The van der Waals surface area contributed by atoms with Gasteiger partial charge in [-0.15, -0.1) is 0 Å². The second kappa shape index (κ2) is 5.35. The van der Waals surface area contributed by atoms with Gasteiger partial charge in [-0.3, -0.25) is 0 Å². The fourth-order valence-corrected chi connectivity index (χ4v) is 2.92. The van der Waals surface area contributed by atoms with Crippen LogP contribution in [0.1, 0.15) is 38.4 Å². The van der Waals surface area contributed by atoms with Crippen molar-refractivity contribution in [3.05, 3.63) is 11.9 Å². The minimum absolute atomic E-state index is 0.829. The van der Waals surface area contributed by atoms with Gasteiger partial charge in [-0.1, -0.05) is 0 Å². The van der Waals surface area contributed by atoms with E-state index in [0.29, 0.717) is 0 Å². The molecule has 19 heavy (non-hydrogen) atoms. The zero-order valence-corrected chi connectivity index (χ0v) is 11.9. The number of nitrogens with one attached hydrogen (secondary N) is 2. The molecule has 4 nitrogen and oxygen atoms in total. The van der Waals surface area contributed by atoms with E-state index in [-0.39, 0.29) is 0 Å². The van der Waals surface area contributed by atoms with E-state index >= 15 is 0 Å². The molecule has 1 heterocycles. The van der Waals surface area contributed by atoms with E-state index < -0.39 is 0 Å². The average molecular weight is 260 g/mol. The van der Waals surface area contributed by atoms with E-state index in [0.717, 1.165) is 48.3 Å². The van der Waals surface area contributed by atoms with Crippen LogP contribution in [0.25, 0.3) is 0 Å². The standard InChI is InChI=1S/C15H24N4/c1-3-16-14-8-15(19-10(2)18-14)17-9-13(11-4-5-11)12-6-7-12/h8,11-13H,3-7,9H2,1-2H3,(H2,16,17,18,19). The summed E-state index contributed by atoms with van der Waals surface area (Å²) < 4.78 is 0. The van der Waals surface area contributed by atoms with E-state index in [2.05, 4.69) is 27.5 Å². The van der Waals surface area contributed by atoms with Crippen LogP contribution in [0.4, 0.5) is 11.6 Å². The van der Waals surface area contributed by atoms with Gasteiger partial charge in [0.2, 0.25) is 0 Å². The van der Waals surface area contributed by atoms with Crippen molar-refractivity contribution in [2.24, 2.45) is 17.8 Å². The van der Waals surface area contributed by atoms with Crippen molar-refractivity contribution < 1.29 is 0 Å². The van der Waals surface area contributed by atoms with E-state index in [4.69, 9.17) is 0 Å². The van der Waals surface area contributed by atoms with Crippen molar-refractivity contribution in [3.8, 4) is 0 Å². The lowest BCUT2D eigenvalue weighted by molar-refractivity contribution is 0.427. The van der Waals surface area contributed by atoms with Crippen LogP contribution in [0.2, 0.25) is 0 Å². The number of rotatable bonds is 7. The monoisotopic (exact) mass is 260 g/mol. The molecule has 4 heteroatoms. The van der Waals surface area contributed by atoms with Crippen molar-refractivity contribution in [2.45, 2.75) is 39.5 Å². The van der Waals surface area contributed by atoms with Crippen LogP contribution in [0.3, 0.4) is 0 Å². The van der Waals surface area contributed by atoms with Gasteiger partial charge in [0.15, 0.2) is 0 Å². The molecule has 3 rings (SSSR count). The number of aryl methyl sites for hydroxylation is 1. The molecule has 1 aromatic rings. The highest BCUT2D eigenvalue weighted by Gasteiger charge is 2.41. The van der Waals surface area contributed by atoms with Gasteiger partial charge in [-0.05, 0) is 57.3 Å². The number of anilines is 2. The molecule has 0 aliphatic heterocycles. The minimum Gasteiger partial charge on any atom is -0.370 e. The van der Waals surface area contributed by atoms with Crippen LogP contribution < -0.4 is 10.6 Å². The molecule has 0 bridgehead atoms. The van der Waals surface area contributed by atoms with Crippen LogP contribution >= 0.6 is 0 Å². The summed E-state index contributed by atoms with van der Waals surface area (Å²) in [6.45, 7) is 6.01. The van der Waals surface area contributed by atoms with E-state index in [1.54, 1.807) is 0 Å². The Labute approximate surface area is 115 Å². The Morgan fingerprint density at radius 2 is 1.68 bits per heavy atom. The first-order chi connectivity index (χ1) is 9.26. The molecule has 0 saturated heterocycles. The lowest BCUT2D eigenvalue weighted by Gasteiger charge is -2.17. The number of hydrogen-bond acceptors (Lipinski definition) is 4. The highest BCUT2D eigenvalue weighted by molar-refractivity contribution is 5.47. The molecule has 104 valence electrons. The van der Waals surface area contributed by atoms with Crippen molar-refractivity contribution in [1.29, 1.82) is 0 Å². The lowest BCUT2D eigenvalue weighted by Crippen LogP contribution is -2.19. The Hall–Kier alpha value is -1.32. The van der Waals surface area contributed by atoms with Gasteiger partial charge >= 0.3 is 0 Å². The predicted molar refractivity (Wildman–Crippen MR) is 78.4 cm³/mol. The highest BCUT2D eigenvalue weighted by Crippen LogP contribution is 2.49. The fourth-order valence-electron chi connectivity index (χ4n) is 2.92. The molecule has 0 atom stereocenters. The minimum atomic E-state index is 0.829. The zero-order chi connectivity index (χ0) is 13.2. The Kier molecular flexibility index (Phi) is 3.58. The molecule has 0 spiro atoms. The maximum absolute atomic E-state index is 4.49. The molecule has 0 unspecified atom stereocenters. The number of hydrogen-bond donors (Lipinski definition) is 2. The SMILES string of the molecule is CCNc1cc(NCC(C2CC2)C2CC2)nc(C)n1. The molecule has 0 aromatic carbocycles. The third-order valence-electron chi connectivity index (χ3n) is 4.17. The topological polar surface area (TPSA) is 49.8 Å². The molecular formula is C15H24N4. The van der Waals surface area contributed by atoms with E-state index in [9.17, 15) is 0 Å². The van der Waals surface area contributed by atoms with Crippen molar-refractivity contribution in [1.82, 2.24) is 9.97 Å². The molecule has 2 aliphatic carbocycles. The van der Waals surface area contributed by atoms with Crippen LogP contribution in [-0.4, -0.2) is 23.1 Å². The quantitative estimate of drug-likeness (QED) is 0.791. The van der Waals surface area contributed by atoms with E-state index in [1.807, 2.05) is 13.0 Å². The van der Waals surface area contributed by atoms with E-state index in [1.165, 1.54) is 25.7 Å². The Bertz CT molecular complexity index is 426. The Balaban J connectivity index is 1.61. The third-order valence-corrected chi connectivity index (χ3v) is 4.17. The second-order valence-corrected chi connectivity index (χ2v) is 5.94. The van der Waals surface area contributed by atoms with Crippen LogP contribution in [0, 0.1) is 24.7 Å². The first kappa shape index (κ1) is 12.7. The summed E-state index contributed by atoms with van der Waals surface area (Å²) in [7, 11) is 0. The smallest absolute Gasteiger partial charge is 0.131 e. The van der Waals surface area contributed by atoms with Gasteiger partial charge in [-0.25, -0.2) is 9.97 Å². The Morgan fingerprint density at radius 3 is 2.21 bits per heavy atom. The number of aromatic nitrogens is 2. The normalized spacial score (nSPS) is 18.7. The molecule has 1 aromatic heterocycles. The molecule has 2 saturated carbocycles. The first-order valence-electron chi connectivity index (χ1n) is 7.59. The van der Waals surface area contributed by atoms with Crippen LogP contribution in [0.5, 0.6) is 0 Å². The van der Waals surface area contributed by atoms with Crippen LogP contribution in [0.15, 0.2) is 6.07 Å². The maximum atomic E-state index is 4.49. The van der Waals surface area contributed by atoms with Gasteiger partial charge in [-0.2, -0.15) is 0 Å². The summed E-state index contributed by atoms with van der Waals surface area (Å²) in [4.78, 5) is 8.87. The first-order valence-corrected chi connectivity index (χ1v) is 7.59. The highest BCUT2D eigenvalue weighted by atomic mass is 15.1. The molecular weight excluding hydrogens is 236 g/mol. The average Bonchev–Trinajstić information content (AvgIpc) is 3.24. The molecule has 2 fully saturated rings. The molecule has 0 amide bonds. The van der Waals surface area contributed by atoms with Gasteiger partial charge in [0.25, 0.3) is 0 Å². The van der Waals surface area contributed by atoms with Gasteiger partial charge in [0.05, 0.1) is 0 Å². The maximum Gasteiger partial charge on any atom is 0.131 e. The van der Waals surface area contributed by atoms with Gasteiger partial charge in [0, 0.05) is 19.2 Å². The summed E-state index contributed by atoms with van der Waals surface area (Å²) in [5.74, 6) is 5.56. The largest absolute Gasteiger partial charge is 0.370 e. The summed E-state index contributed by atoms with van der Waals surface area (Å²) in [5.41, 5.74) is 0. The summed E-state index contributed by atoms with van der Waals surface area (Å²) in [6, 6.07) is 2.02. The molecule has 0 radical (unpaired) electrons.